The summed E-state index contributed by atoms with van der Waals surface area (Å²) in [6.45, 7) is 0.933. The van der Waals surface area contributed by atoms with Crippen molar-refractivity contribution in [3.63, 3.8) is 0 Å². The third-order valence-electron chi connectivity index (χ3n) is 3.00. The number of sulfone groups is 1. The van der Waals surface area contributed by atoms with E-state index in [1.54, 1.807) is 11.8 Å². The molecule has 0 radical (unpaired) electrons. The summed E-state index contributed by atoms with van der Waals surface area (Å²) in [5, 5.41) is 3.50. The second-order valence-corrected chi connectivity index (χ2v) is 8.56. The maximum atomic E-state index is 11.0. The molecule has 0 amide bonds. The van der Waals surface area contributed by atoms with Crippen molar-refractivity contribution >= 4 is 21.6 Å². The summed E-state index contributed by atoms with van der Waals surface area (Å²) < 4.78 is 22.1. The van der Waals surface area contributed by atoms with Crippen LogP contribution in [-0.2, 0) is 16.4 Å². The van der Waals surface area contributed by atoms with Gasteiger partial charge in [0.2, 0.25) is 0 Å². The zero-order valence-corrected chi connectivity index (χ0v) is 12.9. The summed E-state index contributed by atoms with van der Waals surface area (Å²) in [6, 6.07) is 9.22. The lowest BCUT2D eigenvalue weighted by atomic mass is 10.2. The fourth-order valence-corrected chi connectivity index (χ4v) is 3.59. The van der Waals surface area contributed by atoms with Gasteiger partial charge < -0.3 is 5.32 Å². The first-order valence-corrected chi connectivity index (χ1v) is 9.70. The Balaban J connectivity index is 1.74. The molecule has 1 aromatic rings. The molecule has 5 heteroatoms. The van der Waals surface area contributed by atoms with Gasteiger partial charge in [-0.2, -0.15) is 0 Å². The van der Waals surface area contributed by atoms with Crippen LogP contribution in [0.3, 0.4) is 0 Å². The Bertz CT molecular complexity index is 510. The van der Waals surface area contributed by atoms with E-state index < -0.39 is 9.84 Å². The van der Waals surface area contributed by atoms with E-state index in [9.17, 15) is 8.42 Å². The summed E-state index contributed by atoms with van der Waals surface area (Å²) in [4.78, 5) is 1.23. The molecule has 1 aromatic carbocycles. The minimum atomic E-state index is -2.82. The van der Waals surface area contributed by atoms with Crippen molar-refractivity contribution in [1.29, 1.82) is 0 Å². The molecule has 0 spiro atoms. The molecule has 1 N–H and O–H groups in total. The molecular formula is C14H21NO2S2. The second-order valence-electron chi connectivity index (χ2n) is 5.13. The molecule has 19 heavy (non-hydrogen) atoms. The third kappa shape index (κ3) is 6.45. The minimum Gasteiger partial charge on any atom is -0.310 e. The normalized spacial score (nSPS) is 15.6. The van der Waals surface area contributed by atoms with Crippen LogP contribution in [0.5, 0.6) is 0 Å². The van der Waals surface area contributed by atoms with Crippen LogP contribution in [0.15, 0.2) is 29.2 Å². The van der Waals surface area contributed by atoms with Crippen LogP contribution in [0.2, 0.25) is 0 Å². The van der Waals surface area contributed by atoms with Crippen LogP contribution in [-0.4, -0.2) is 32.2 Å². The van der Waals surface area contributed by atoms with Crippen LogP contribution in [0.4, 0.5) is 0 Å². The number of benzene rings is 1. The molecule has 1 aliphatic rings. The number of hydrogen-bond donors (Lipinski definition) is 1. The lowest BCUT2D eigenvalue weighted by Gasteiger charge is -2.06. The van der Waals surface area contributed by atoms with E-state index in [1.165, 1.54) is 29.6 Å². The second kappa shape index (κ2) is 6.77. The van der Waals surface area contributed by atoms with Crippen LogP contribution in [0.25, 0.3) is 0 Å². The Morgan fingerprint density at radius 3 is 2.84 bits per heavy atom. The molecule has 0 atom stereocenters. The van der Waals surface area contributed by atoms with Gasteiger partial charge in [0.15, 0.2) is 0 Å². The number of hydrogen-bond acceptors (Lipinski definition) is 4. The Labute approximate surface area is 120 Å². The average Bonchev–Trinajstić information content (AvgIpc) is 3.16. The number of thioether (sulfide) groups is 1. The van der Waals surface area contributed by atoms with Crippen molar-refractivity contribution in [2.75, 3.05) is 17.8 Å². The molecule has 0 aliphatic heterocycles. The van der Waals surface area contributed by atoms with Crippen molar-refractivity contribution in [3.8, 4) is 0 Å². The first kappa shape index (κ1) is 14.9. The van der Waals surface area contributed by atoms with E-state index in [4.69, 9.17) is 0 Å². The van der Waals surface area contributed by atoms with Gasteiger partial charge in [-0.05, 0) is 42.7 Å². The van der Waals surface area contributed by atoms with Gasteiger partial charge in [0, 0.05) is 23.7 Å². The molecular weight excluding hydrogens is 278 g/mol. The Kier molecular flexibility index (Phi) is 5.30. The fraction of sp³-hybridized carbons (Fsp3) is 0.571. The third-order valence-corrected chi connectivity index (χ3v) is 5.11. The van der Waals surface area contributed by atoms with Crippen LogP contribution < -0.4 is 5.32 Å². The van der Waals surface area contributed by atoms with Crippen molar-refractivity contribution < 1.29 is 8.42 Å². The molecule has 1 aliphatic carbocycles. The van der Waals surface area contributed by atoms with Crippen LogP contribution >= 0.6 is 11.8 Å². The summed E-state index contributed by atoms with van der Waals surface area (Å²) in [5.41, 5.74) is 1.31. The Morgan fingerprint density at radius 2 is 2.16 bits per heavy atom. The molecule has 0 aromatic heterocycles. The zero-order chi connectivity index (χ0) is 13.7. The maximum absolute atomic E-state index is 11.0. The predicted octanol–water partition coefficient (Wildman–Crippen LogP) is 2.47. The van der Waals surface area contributed by atoms with E-state index in [0.29, 0.717) is 6.42 Å². The van der Waals surface area contributed by atoms with Crippen molar-refractivity contribution in [2.45, 2.75) is 36.7 Å². The highest BCUT2D eigenvalue weighted by Crippen LogP contribution is 2.22. The van der Waals surface area contributed by atoms with Gasteiger partial charge >= 0.3 is 0 Å². The van der Waals surface area contributed by atoms with E-state index in [0.717, 1.165) is 18.3 Å². The summed E-state index contributed by atoms with van der Waals surface area (Å²) in [6.07, 6.45) is 4.62. The predicted molar refractivity (Wildman–Crippen MR) is 81.4 cm³/mol. The van der Waals surface area contributed by atoms with E-state index in [1.807, 2.05) is 0 Å². The molecule has 0 unspecified atom stereocenters. The van der Waals surface area contributed by atoms with Crippen molar-refractivity contribution in [2.24, 2.45) is 0 Å². The summed E-state index contributed by atoms with van der Waals surface area (Å²) >= 11 is 1.73. The number of nitrogens with one attached hydrogen (secondary N) is 1. The van der Waals surface area contributed by atoms with Crippen LogP contribution in [0, 0.1) is 0 Å². The van der Waals surface area contributed by atoms with E-state index >= 15 is 0 Å². The molecule has 2 rings (SSSR count). The first-order chi connectivity index (χ1) is 9.03. The minimum absolute atomic E-state index is 0.281. The highest BCUT2D eigenvalue weighted by atomic mass is 32.2. The van der Waals surface area contributed by atoms with Crippen molar-refractivity contribution in [3.05, 3.63) is 29.8 Å². The van der Waals surface area contributed by atoms with Gasteiger partial charge in [-0.1, -0.05) is 12.1 Å². The van der Waals surface area contributed by atoms with Gasteiger partial charge in [0.05, 0.1) is 5.75 Å². The zero-order valence-electron chi connectivity index (χ0n) is 11.3. The van der Waals surface area contributed by atoms with Crippen molar-refractivity contribution in [1.82, 2.24) is 5.32 Å². The average molecular weight is 299 g/mol. The lowest BCUT2D eigenvalue weighted by molar-refractivity contribution is 0.600. The highest BCUT2D eigenvalue weighted by molar-refractivity contribution is 7.99. The first-order valence-electron chi connectivity index (χ1n) is 6.66. The molecule has 0 saturated heterocycles. The largest absolute Gasteiger partial charge is 0.310 e. The Morgan fingerprint density at radius 1 is 1.37 bits per heavy atom. The molecule has 3 nitrogen and oxygen atoms in total. The molecule has 1 saturated carbocycles. The Hall–Kier alpha value is -0.520. The number of rotatable bonds is 8. The summed E-state index contributed by atoms with van der Waals surface area (Å²) in [5.74, 6) is 1.13. The molecule has 1 fully saturated rings. The van der Waals surface area contributed by atoms with Gasteiger partial charge in [0.1, 0.15) is 9.84 Å². The van der Waals surface area contributed by atoms with Gasteiger partial charge in [-0.15, -0.1) is 11.8 Å². The highest BCUT2D eigenvalue weighted by Gasteiger charge is 2.19. The summed E-state index contributed by atoms with van der Waals surface area (Å²) in [7, 11) is -2.82. The monoisotopic (exact) mass is 299 g/mol. The lowest BCUT2D eigenvalue weighted by Crippen LogP contribution is -2.15. The molecule has 0 heterocycles. The maximum Gasteiger partial charge on any atom is 0.147 e. The van der Waals surface area contributed by atoms with E-state index in [-0.39, 0.29) is 5.75 Å². The molecule has 0 bridgehead atoms. The molecule has 106 valence electrons. The van der Waals surface area contributed by atoms with Crippen LogP contribution in [0.1, 0.15) is 24.8 Å². The standard InChI is InChI=1S/C14H21NO2S2/c1-19(16,17)9-3-8-18-14-5-2-4-12(10-14)11-15-13-6-7-13/h2,4-5,10,13,15H,3,6-9,11H2,1H3. The van der Waals surface area contributed by atoms with Gasteiger partial charge in [-0.3, -0.25) is 0 Å². The van der Waals surface area contributed by atoms with E-state index in [2.05, 4.69) is 29.6 Å². The SMILES string of the molecule is CS(=O)(=O)CCCSc1cccc(CNC2CC2)c1. The fourth-order valence-electron chi connectivity index (χ4n) is 1.81. The quantitative estimate of drug-likeness (QED) is 0.592. The van der Waals surface area contributed by atoms with Gasteiger partial charge in [0.25, 0.3) is 0 Å². The smallest absolute Gasteiger partial charge is 0.147 e. The van der Waals surface area contributed by atoms with Gasteiger partial charge in [-0.25, -0.2) is 8.42 Å². The topological polar surface area (TPSA) is 46.2 Å².